The maximum Gasteiger partial charge on any atom is 0.328 e. The molecule has 0 aliphatic heterocycles. The van der Waals surface area contributed by atoms with Gasteiger partial charge in [0.1, 0.15) is 0 Å². The van der Waals surface area contributed by atoms with Crippen LogP contribution in [-0.4, -0.2) is 17.0 Å². The van der Waals surface area contributed by atoms with Crippen LogP contribution in [0, 0.1) is 6.92 Å². The summed E-state index contributed by atoms with van der Waals surface area (Å²) in [7, 11) is 0. The molecule has 1 aromatic rings. The van der Waals surface area contributed by atoms with Gasteiger partial charge in [-0.25, -0.2) is 4.79 Å². The molecule has 4 nitrogen and oxygen atoms in total. The Bertz CT molecular complexity index is 492. The van der Waals surface area contributed by atoms with Crippen LogP contribution in [0.5, 0.6) is 0 Å². The summed E-state index contributed by atoms with van der Waals surface area (Å²) in [6, 6.07) is 5.45. The molecule has 0 aliphatic rings. The lowest BCUT2D eigenvalue weighted by Gasteiger charge is -2.09. The number of carboxylic acids is 1. The number of unbranched alkanes of at least 4 members (excludes halogenated alkanes) is 1. The molecular weight excluding hydrogens is 242 g/mol. The Hall–Kier alpha value is -2.10. The van der Waals surface area contributed by atoms with E-state index in [-0.39, 0.29) is 5.91 Å². The number of benzene rings is 1. The summed E-state index contributed by atoms with van der Waals surface area (Å²) in [5.74, 6) is -1.00. The van der Waals surface area contributed by atoms with Gasteiger partial charge >= 0.3 is 5.97 Å². The topological polar surface area (TPSA) is 66.4 Å². The second kappa shape index (κ2) is 7.36. The monoisotopic (exact) mass is 261 g/mol. The van der Waals surface area contributed by atoms with Gasteiger partial charge in [0.2, 0.25) is 5.91 Å². The van der Waals surface area contributed by atoms with Gasteiger partial charge in [0.05, 0.1) is 0 Å². The molecule has 0 heterocycles. The van der Waals surface area contributed by atoms with E-state index >= 15 is 0 Å². The molecule has 19 heavy (non-hydrogen) atoms. The van der Waals surface area contributed by atoms with Gasteiger partial charge < -0.3 is 10.4 Å². The van der Waals surface area contributed by atoms with Gasteiger partial charge in [0.15, 0.2) is 0 Å². The number of hydrogen-bond acceptors (Lipinski definition) is 2. The average Bonchev–Trinajstić information content (AvgIpc) is 2.37. The predicted molar refractivity (Wildman–Crippen MR) is 76.0 cm³/mol. The van der Waals surface area contributed by atoms with E-state index in [1.165, 1.54) is 6.08 Å². The maximum atomic E-state index is 11.7. The van der Waals surface area contributed by atoms with E-state index in [0.29, 0.717) is 6.42 Å². The van der Waals surface area contributed by atoms with E-state index in [2.05, 4.69) is 5.32 Å². The molecule has 0 atom stereocenters. The van der Waals surface area contributed by atoms with Crippen molar-refractivity contribution in [1.29, 1.82) is 0 Å². The Labute approximate surface area is 113 Å². The molecule has 0 unspecified atom stereocenters. The molecule has 0 saturated carbocycles. The second-order valence-electron chi connectivity index (χ2n) is 4.40. The number of carbonyl (C=O) groups excluding carboxylic acids is 1. The predicted octanol–water partition coefficient (Wildman–Crippen LogP) is 3.22. The fourth-order valence-corrected chi connectivity index (χ4v) is 1.60. The third-order valence-electron chi connectivity index (χ3n) is 2.71. The molecule has 1 rings (SSSR count). The summed E-state index contributed by atoms with van der Waals surface area (Å²) >= 11 is 0. The number of aliphatic carboxylic acids is 1. The largest absolute Gasteiger partial charge is 0.478 e. The van der Waals surface area contributed by atoms with E-state index in [0.717, 1.165) is 35.7 Å². The molecule has 0 radical (unpaired) electrons. The minimum absolute atomic E-state index is 0.00989. The molecule has 2 N–H and O–H groups in total. The molecule has 102 valence electrons. The molecular formula is C15H19NO3. The first-order chi connectivity index (χ1) is 9.02. The minimum Gasteiger partial charge on any atom is -0.478 e. The maximum absolute atomic E-state index is 11.7. The first-order valence-corrected chi connectivity index (χ1v) is 6.34. The van der Waals surface area contributed by atoms with Crippen LogP contribution in [0.15, 0.2) is 24.3 Å². The molecule has 0 aliphatic carbocycles. The first-order valence-electron chi connectivity index (χ1n) is 6.34. The Balaban J connectivity index is 2.79. The molecule has 0 aromatic heterocycles. The molecule has 1 aromatic carbocycles. The van der Waals surface area contributed by atoms with Crippen LogP contribution in [-0.2, 0) is 9.59 Å². The number of amides is 1. The molecule has 0 fully saturated rings. The van der Waals surface area contributed by atoms with Crippen LogP contribution in [0.3, 0.4) is 0 Å². The zero-order valence-corrected chi connectivity index (χ0v) is 11.3. The molecule has 0 saturated heterocycles. The smallest absolute Gasteiger partial charge is 0.328 e. The lowest BCUT2D eigenvalue weighted by atomic mass is 10.1. The van der Waals surface area contributed by atoms with E-state index in [1.54, 1.807) is 6.07 Å². The fourth-order valence-electron chi connectivity index (χ4n) is 1.60. The van der Waals surface area contributed by atoms with Crippen molar-refractivity contribution in [2.75, 3.05) is 5.32 Å². The van der Waals surface area contributed by atoms with Crippen molar-refractivity contribution in [2.45, 2.75) is 33.1 Å². The quantitative estimate of drug-likeness (QED) is 0.773. The SMILES string of the molecule is CCCCC(=O)Nc1cc(C=CC(=O)O)ccc1C. The number of rotatable bonds is 6. The highest BCUT2D eigenvalue weighted by Crippen LogP contribution is 2.18. The van der Waals surface area contributed by atoms with Crippen LogP contribution in [0.2, 0.25) is 0 Å². The number of carboxylic acid groups (broad SMARTS) is 1. The van der Waals surface area contributed by atoms with Gasteiger partial charge in [-0.05, 0) is 36.6 Å². The lowest BCUT2D eigenvalue weighted by molar-refractivity contribution is -0.131. The summed E-state index contributed by atoms with van der Waals surface area (Å²) in [4.78, 5) is 22.1. The van der Waals surface area contributed by atoms with Crippen molar-refractivity contribution >= 4 is 23.6 Å². The Kier molecular flexibility index (Phi) is 5.79. The van der Waals surface area contributed by atoms with Crippen molar-refractivity contribution in [3.8, 4) is 0 Å². The highest BCUT2D eigenvalue weighted by molar-refractivity contribution is 5.92. The van der Waals surface area contributed by atoms with Crippen molar-refractivity contribution in [3.63, 3.8) is 0 Å². The van der Waals surface area contributed by atoms with Crippen molar-refractivity contribution in [3.05, 3.63) is 35.4 Å². The van der Waals surface area contributed by atoms with Crippen LogP contribution in [0.1, 0.15) is 37.3 Å². The third kappa shape index (κ3) is 5.38. The van der Waals surface area contributed by atoms with Gasteiger partial charge in [-0.15, -0.1) is 0 Å². The van der Waals surface area contributed by atoms with Gasteiger partial charge in [-0.2, -0.15) is 0 Å². The first kappa shape index (κ1) is 15.0. The summed E-state index contributed by atoms with van der Waals surface area (Å²) in [5, 5.41) is 11.4. The van der Waals surface area contributed by atoms with Crippen LogP contribution in [0.4, 0.5) is 5.69 Å². The Morgan fingerprint density at radius 1 is 1.37 bits per heavy atom. The fraction of sp³-hybridized carbons (Fsp3) is 0.333. The molecule has 0 spiro atoms. The highest BCUT2D eigenvalue weighted by atomic mass is 16.4. The summed E-state index contributed by atoms with van der Waals surface area (Å²) in [5.41, 5.74) is 2.43. The van der Waals surface area contributed by atoms with Gasteiger partial charge in [0, 0.05) is 18.2 Å². The summed E-state index contributed by atoms with van der Waals surface area (Å²) in [6.07, 6.45) is 4.93. The normalized spacial score (nSPS) is 10.6. The zero-order valence-electron chi connectivity index (χ0n) is 11.3. The van der Waals surface area contributed by atoms with Crippen molar-refractivity contribution in [1.82, 2.24) is 0 Å². The van der Waals surface area contributed by atoms with Crippen LogP contribution >= 0.6 is 0 Å². The van der Waals surface area contributed by atoms with Gasteiger partial charge in [-0.1, -0.05) is 25.5 Å². The van der Waals surface area contributed by atoms with Crippen LogP contribution < -0.4 is 5.32 Å². The number of aryl methyl sites for hydroxylation is 1. The van der Waals surface area contributed by atoms with Gasteiger partial charge in [-0.3, -0.25) is 4.79 Å². The number of carbonyl (C=O) groups is 2. The minimum atomic E-state index is -0.992. The number of anilines is 1. The average molecular weight is 261 g/mol. The number of hydrogen-bond donors (Lipinski definition) is 2. The Morgan fingerprint density at radius 2 is 2.11 bits per heavy atom. The number of nitrogens with one attached hydrogen (secondary N) is 1. The van der Waals surface area contributed by atoms with Gasteiger partial charge in [0.25, 0.3) is 0 Å². The summed E-state index contributed by atoms with van der Waals surface area (Å²) in [6.45, 7) is 3.94. The van der Waals surface area contributed by atoms with Crippen LogP contribution in [0.25, 0.3) is 6.08 Å². The molecule has 1 amide bonds. The van der Waals surface area contributed by atoms with E-state index in [4.69, 9.17) is 5.11 Å². The summed E-state index contributed by atoms with van der Waals surface area (Å²) < 4.78 is 0. The zero-order chi connectivity index (χ0) is 14.3. The molecule has 0 bridgehead atoms. The third-order valence-corrected chi connectivity index (χ3v) is 2.71. The lowest BCUT2D eigenvalue weighted by Crippen LogP contribution is -2.12. The second-order valence-corrected chi connectivity index (χ2v) is 4.40. The van der Waals surface area contributed by atoms with E-state index in [1.807, 2.05) is 26.0 Å². The van der Waals surface area contributed by atoms with E-state index < -0.39 is 5.97 Å². The van der Waals surface area contributed by atoms with Crippen molar-refractivity contribution in [2.24, 2.45) is 0 Å². The van der Waals surface area contributed by atoms with Crippen molar-refractivity contribution < 1.29 is 14.7 Å². The Morgan fingerprint density at radius 3 is 2.74 bits per heavy atom. The molecule has 4 heteroatoms. The standard InChI is InChI=1S/C15H19NO3/c1-3-4-5-14(17)16-13-10-12(7-6-11(13)2)8-9-15(18)19/h6-10H,3-5H2,1-2H3,(H,16,17)(H,18,19). The van der Waals surface area contributed by atoms with E-state index in [9.17, 15) is 9.59 Å². The highest BCUT2D eigenvalue weighted by Gasteiger charge is 2.04.